The Labute approximate surface area is 195 Å². The highest BCUT2D eigenvalue weighted by Gasteiger charge is 2.26. The third-order valence-corrected chi connectivity index (χ3v) is 6.03. The zero-order valence-corrected chi connectivity index (χ0v) is 19.0. The van der Waals surface area contributed by atoms with E-state index in [-0.39, 0.29) is 0 Å². The fraction of sp³-hybridized carbons (Fsp3) is 0.172. The van der Waals surface area contributed by atoms with Gasteiger partial charge in [-0.2, -0.15) is 0 Å². The summed E-state index contributed by atoms with van der Waals surface area (Å²) in [5.74, 6) is 2.64. The number of aryl methyl sites for hydroxylation is 2. The molecule has 0 saturated carbocycles. The molecule has 0 radical (unpaired) electrons. The van der Waals surface area contributed by atoms with Crippen LogP contribution >= 0.6 is 0 Å². The van der Waals surface area contributed by atoms with Crippen LogP contribution in [0.25, 0.3) is 10.8 Å². The topological polar surface area (TPSA) is 33.7 Å². The van der Waals surface area contributed by atoms with Crippen molar-refractivity contribution in [2.75, 3.05) is 29.9 Å². The molecule has 0 aliphatic carbocycles. The van der Waals surface area contributed by atoms with Gasteiger partial charge in [-0.15, -0.1) is 0 Å². The third-order valence-electron chi connectivity index (χ3n) is 6.03. The first-order chi connectivity index (χ1) is 16.2. The van der Waals surface area contributed by atoms with Crippen molar-refractivity contribution in [2.45, 2.75) is 13.8 Å². The molecule has 0 spiro atoms. The quantitative estimate of drug-likeness (QED) is 0.350. The molecule has 0 saturated heterocycles. The number of fused-ring (bicyclic) bond motifs is 2. The molecule has 1 aliphatic rings. The van der Waals surface area contributed by atoms with Crippen LogP contribution in [0, 0.1) is 13.8 Å². The minimum Gasteiger partial charge on any atom is -0.491 e. The van der Waals surface area contributed by atoms with Gasteiger partial charge in [0.2, 0.25) is 0 Å². The van der Waals surface area contributed by atoms with Crippen LogP contribution < -0.4 is 19.7 Å². The molecule has 166 valence electrons. The van der Waals surface area contributed by atoms with E-state index in [0.29, 0.717) is 19.7 Å². The highest BCUT2D eigenvalue weighted by molar-refractivity contribution is 5.88. The van der Waals surface area contributed by atoms with Gasteiger partial charge >= 0.3 is 0 Å². The van der Waals surface area contributed by atoms with Gasteiger partial charge in [0.05, 0.1) is 12.2 Å². The van der Waals surface area contributed by atoms with Crippen molar-refractivity contribution in [3.05, 3.63) is 108 Å². The summed E-state index contributed by atoms with van der Waals surface area (Å²) in [5, 5.41) is 5.75. The van der Waals surface area contributed by atoms with E-state index in [0.717, 1.165) is 34.1 Å². The Bertz CT molecular complexity index is 1290. The highest BCUT2D eigenvalue weighted by atomic mass is 16.5. The third kappa shape index (κ3) is 4.51. The molecule has 1 aliphatic heterocycles. The van der Waals surface area contributed by atoms with E-state index in [2.05, 4.69) is 78.7 Å². The first-order valence-corrected chi connectivity index (χ1v) is 11.4. The van der Waals surface area contributed by atoms with Gasteiger partial charge < -0.3 is 19.7 Å². The van der Waals surface area contributed by atoms with Crippen LogP contribution in [0.5, 0.6) is 11.5 Å². The van der Waals surface area contributed by atoms with E-state index >= 15 is 0 Å². The van der Waals surface area contributed by atoms with Gasteiger partial charge in [0.1, 0.15) is 12.4 Å². The maximum Gasteiger partial charge on any atom is 0.198 e. The molecule has 0 amide bonds. The SMILES string of the molecule is Cc1cc2c(cc1C)N(CCOc1cccc3ccccc13)C(=CCNc1ccccc1)O2. The van der Waals surface area contributed by atoms with Gasteiger partial charge in [-0.3, -0.25) is 0 Å². The molecule has 0 unspecified atom stereocenters. The molecule has 4 aromatic rings. The van der Waals surface area contributed by atoms with Crippen LogP contribution in [0.1, 0.15) is 11.1 Å². The molecule has 1 heterocycles. The predicted molar refractivity (Wildman–Crippen MR) is 136 cm³/mol. The van der Waals surface area contributed by atoms with Crippen molar-refractivity contribution in [1.82, 2.24) is 0 Å². The second kappa shape index (κ2) is 9.29. The molecule has 0 aromatic heterocycles. The van der Waals surface area contributed by atoms with E-state index in [1.165, 1.54) is 16.5 Å². The van der Waals surface area contributed by atoms with Crippen LogP contribution in [0.2, 0.25) is 0 Å². The van der Waals surface area contributed by atoms with Gasteiger partial charge in [0.15, 0.2) is 11.6 Å². The standard InChI is InChI=1S/C29H28N2O2/c1-21-19-26-28(20-22(21)2)33-29(15-16-30-24-11-4-3-5-12-24)31(26)17-18-32-27-14-8-10-23-9-6-7-13-25(23)27/h3-15,19-20,30H,16-18H2,1-2H3. The number of para-hydroxylation sites is 1. The molecular formula is C29H28N2O2. The Morgan fingerprint density at radius 2 is 1.64 bits per heavy atom. The number of anilines is 2. The fourth-order valence-electron chi connectivity index (χ4n) is 4.12. The average molecular weight is 437 g/mol. The molecule has 0 atom stereocenters. The number of rotatable bonds is 7. The number of hydrogen-bond acceptors (Lipinski definition) is 4. The summed E-state index contributed by atoms with van der Waals surface area (Å²) < 4.78 is 12.5. The lowest BCUT2D eigenvalue weighted by Crippen LogP contribution is -2.26. The van der Waals surface area contributed by atoms with Gasteiger partial charge in [0.25, 0.3) is 0 Å². The Morgan fingerprint density at radius 3 is 2.52 bits per heavy atom. The van der Waals surface area contributed by atoms with E-state index < -0.39 is 0 Å². The Kier molecular flexibility index (Phi) is 5.90. The molecule has 1 N–H and O–H groups in total. The monoisotopic (exact) mass is 436 g/mol. The van der Waals surface area contributed by atoms with Crippen molar-refractivity contribution in [3.63, 3.8) is 0 Å². The second-order valence-electron chi connectivity index (χ2n) is 8.27. The number of benzene rings is 4. The number of nitrogens with one attached hydrogen (secondary N) is 1. The second-order valence-corrected chi connectivity index (χ2v) is 8.27. The number of hydrogen-bond donors (Lipinski definition) is 1. The summed E-state index contributed by atoms with van der Waals surface area (Å²) in [4.78, 5) is 2.21. The molecule has 5 rings (SSSR count). The van der Waals surface area contributed by atoms with Crippen LogP contribution in [0.3, 0.4) is 0 Å². The zero-order valence-electron chi connectivity index (χ0n) is 19.0. The van der Waals surface area contributed by atoms with E-state index in [1.807, 2.05) is 36.4 Å². The Balaban J connectivity index is 1.34. The number of nitrogens with zero attached hydrogens (tertiary/aromatic N) is 1. The van der Waals surface area contributed by atoms with Crippen LogP contribution in [-0.4, -0.2) is 19.7 Å². The lowest BCUT2D eigenvalue weighted by molar-refractivity contribution is 0.324. The maximum atomic E-state index is 6.26. The van der Waals surface area contributed by atoms with Gasteiger partial charge in [-0.25, -0.2) is 0 Å². The minimum absolute atomic E-state index is 0.549. The van der Waals surface area contributed by atoms with Crippen molar-refractivity contribution < 1.29 is 9.47 Å². The summed E-state index contributed by atoms with van der Waals surface area (Å²) in [6.07, 6.45) is 2.09. The Hall–Kier alpha value is -3.92. The van der Waals surface area contributed by atoms with Crippen LogP contribution in [0.4, 0.5) is 11.4 Å². The first-order valence-electron chi connectivity index (χ1n) is 11.4. The lowest BCUT2D eigenvalue weighted by Gasteiger charge is -2.20. The summed E-state index contributed by atoms with van der Waals surface area (Å²) >= 11 is 0. The molecule has 33 heavy (non-hydrogen) atoms. The van der Waals surface area contributed by atoms with Crippen LogP contribution in [-0.2, 0) is 0 Å². The van der Waals surface area contributed by atoms with Crippen LogP contribution in [0.15, 0.2) is 96.9 Å². The van der Waals surface area contributed by atoms with E-state index in [1.54, 1.807) is 0 Å². The molecule has 4 aromatic carbocycles. The zero-order chi connectivity index (χ0) is 22.6. The summed E-state index contributed by atoms with van der Waals surface area (Å²) in [7, 11) is 0. The maximum absolute atomic E-state index is 6.26. The Morgan fingerprint density at radius 1 is 0.879 bits per heavy atom. The smallest absolute Gasteiger partial charge is 0.198 e. The summed E-state index contributed by atoms with van der Waals surface area (Å²) in [5.41, 5.74) is 4.65. The van der Waals surface area contributed by atoms with Gasteiger partial charge in [-0.1, -0.05) is 54.6 Å². The molecule has 4 heteroatoms. The van der Waals surface area contributed by atoms with Crippen molar-refractivity contribution in [2.24, 2.45) is 0 Å². The predicted octanol–water partition coefficient (Wildman–Crippen LogP) is 6.69. The van der Waals surface area contributed by atoms with E-state index in [4.69, 9.17) is 9.47 Å². The van der Waals surface area contributed by atoms with Crippen molar-refractivity contribution in [3.8, 4) is 11.5 Å². The molecule has 0 bridgehead atoms. The van der Waals surface area contributed by atoms with Gasteiger partial charge in [0, 0.05) is 17.6 Å². The van der Waals surface area contributed by atoms with Gasteiger partial charge in [-0.05, 0) is 66.8 Å². The summed E-state index contributed by atoms with van der Waals surface area (Å²) in [6, 6.07) is 29.0. The highest BCUT2D eigenvalue weighted by Crippen LogP contribution is 2.40. The molecule has 4 nitrogen and oxygen atoms in total. The molecule has 0 fully saturated rings. The minimum atomic E-state index is 0.549. The number of ether oxygens (including phenoxy) is 2. The first kappa shape index (κ1) is 21.0. The summed E-state index contributed by atoms with van der Waals surface area (Å²) in [6.45, 7) is 6.17. The molecular weight excluding hydrogens is 408 g/mol. The van der Waals surface area contributed by atoms with Crippen molar-refractivity contribution in [1.29, 1.82) is 0 Å². The lowest BCUT2D eigenvalue weighted by atomic mass is 10.1. The fourth-order valence-corrected chi connectivity index (χ4v) is 4.12. The normalized spacial score (nSPS) is 13.8. The average Bonchev–Trinajstić information content (AvgIpc) is 3.16. The largest absolute Gasteiger partial charge is 0.491 e. The van der Waals surface area contributed by atoms with Crippen molar-refractivity contribution >= 4 is 22.1 Å². The van der Waals surface area contributed by atoms with E-state index in [9.17, 15) is 0 Å².